The maximum absolute atomic E-state index is 13.3. The third-order valence-corrected chi connectivity index (χ3v) is 4.89. The summed E-state index contributed by atoms with van der Waals surface area (Å²) in [6.07, 6.45) is 1.03. The predicted octanol–water partition coefficient (Wildman–Crippen LogP) is 2.95. The van der Waals surface area contributed by atoms with Crippen LogP contribution in [0.3, 0.4) is 0 Å². The monoisotopic (exact) mass is 474 g/mol. The van der Waals surface area contributed by atoms with Crippen molar-refractivity contribution in [2.24, 2.45) is 16.7 Å². The minimum atomic E-state index is -1.67. The molecule has 33 heavy (non-hydrogen) atoms. The van der Waals surface area contributed by atoms with E-state index in [2.05, 4.69) is 0 Å². The molecule has 10 nitrogen and oxygen atoms in total. The number of hydrogen-bond donors (Lipinski definition) is 0. The summed E-state index contributed by atoms with van der Waals surface area (Å²) in [5.74, 6) is -3.89. The van der Waals surface area contributed by atoms with Crippen molar-refractivity contribution in [3.8, 4) is 0 Å². The summed E-state index contributed by atoms with van der Waals surface area (Å²) in [5.41, 5.74) is -2.48. The van der Waals surface area contributed by atoms with Crippen molar-refractivity contribution >= 4 is 29.8 Å². The Morgan fingerprint density at radius 1 is 0.758 bits per heavy atom. The molecule has 10 heteroatoms. The number of esters is 5. The first-order valence-electron chi connectivity index (χ1n) is 11.1. The molecular weight excluding hydrogens is 436 g/mol. The average molecular weight is 475 g/mol. The van der Waals surface area contributed by atoms with Crippen molar-refractivity contribution in [2.75, 3.05) is 26.6 Å². The Morgan fingerprint density at radius 3 is 1.76 bits per heavy atom. The minimum absolute atomic E-state index is 0.0602. The zero-order valence-electron chi connectivity index (χ0n) is 20.8. The highest BCUT2D eigenvalue weighted by Gasteiger charge is 2.50. The van der Waals surface area contributed by atoms with Gasteiger partial charge in [-0.15, -0.1) is 0 Å². The summed E-state index contributed by atoms with van der Waals surface area (Å²) in [7, 11) is 0. The second-order valence-corrected chi connectivity index (χ2v) is 8.72. The van der Waals surface area contributed by atoms with Gasteiger partial charge in [-0.2, -0.15) is 0 Å². The van der Waals surface area contributed by atoms with E-state index in [9.17, 15) is 24.0 Å². The Bertz CT molecular complexity index is 679. The lowest BCUT2D eigenvalue weighted by molar-refractivity contribution is -0.193. The fraction of sp³-hybridized carbons (Fsp3) is 0.783. The van der Waals surface area contributed by atoms with Crippen LogP contribution >= 0.6 is 0 Å². The van der Waals surface area contributed by atoms with Gasteiger partial charge in [-0.05, 0) is 33.6 Å². The van der Waals surface area contributed by atoms with Crippen LogP contribution in [-0.4, -0.2) is 56.5 Å². The van der Waals surface area contributed by atoms with Crippen molar-refractivity contribution in [1.29, 1.82) is 0 Å². The van der Waals surface area contributed by atoms with Gasteiger partial charge in [0.2, 0.25) is 6.79 Å². The normalized spacial score (nSPS) is 13.8. The van der Waals surface area contributed by atoms with Gasteiger partial charge in [0, 0.05) is 25.7 Å². The molecular formula is C23H38O10. The first kappa shape index (κ1) is 30.4. The highest BCUT2D eigenvalue weighted by molar-refractivity contribution is 5.80. The zero-order valence-corrected chi connectivity index (χ0v) is 20.8. The second-order valence-electron chi connectivity index (χ2n) is 8.72. The van der Waals surface area contributed by atoms with Gasteiger partial charge in [-0.1, -0.05) is 20.8 Å². The molecule has 0 aliphatic heterocycles. The molecule has 0 aliphatic rings. The third-order valence-electron chi connectivity index (χ3n) is 4.89. The van der Waals surface area contributed by atoms with Gasteiger partial charge in [-0.3, -0.25) is 24.0 Å². The molecule has 0 aromatic heterocycles. The fourth-order valence-electron chi connectivity index (χ4n) is 2.74. The van der Waals surface area contributed by atoms with Crippen LogP contribution in [0.15, 0.2) is 0 Å². The van der Waals surface area contributed by atoms with Crippen LogP contribution in [0.25, 0.3) is 0 Å². The topological polar surface area (TPSA) is 132 Å². The molecule has 0 aromatic rings. The van der Waals surface area contributed by atoms with Gasteiger partial charge in [-0.25, -0.2) is 0 Å². The smallest absolute Gasteiger partial charge is 0.322 e. The molecule has 0 N–H and O–H groups in total. The van der Waals surface area contributed by atoms with E-state index in [4.69, 9.17) is 23.7 Å². The third kappa shape index (κ3) is 10.7. The first-order valence-corrected chi connectivity index (χ1v) is 11.1. The fourth-order valence-corrected chi connectivity index (χ4v) is 2.74. The Balaban J connectivity index is 5.93. The number of carbonyl (C=O) groups is 5. The molecule has 2 unspecified atom stereocenters. The van der Waals surface area contributed by atoms with Crippen LogP contribution in [0.1, 0.15) is 74.1 Å². The first-order chi connectivity index (χ1) is 15.3. The molecule has 0 radical (unpaired) electrons. The quantitative estimate of drug-likeness (QED) is 0.210. The SMILES string of the molecule is CCCC(=O)OCC(COC(=O)CC)(C(=O)OCOC(=O)C(C)(C)C)C(CC)COC(C)=O. The van der Waals surface area contributed by atoms with Crippen molar-refractivity contribution in [1.82, 2.24) is 0 Å². The van der Waals surface area contributed by atoms with Gasteiger partial charge in [0.1, 0.15) is 18.6 Å². The lowest BCUT2D eigenvalue weighted by Crippen LogP contribution is -2.50. The Kier molecular flexibility index (Phi) is 13.3. The largest absolute Gasteiger partial charge is 0.466 e. The van der Waals surface area contributed by atoms with E-state index in [1.165, 1.54) is 6.92 Å². The summed E-state index contributed by atoms with van der Waals surface area (Å²) >= 11 is 0. The lowest BCUT2D eigenvalue weighted by atomic mass is 9.75. The van der Waals surface area contributed by atoms with Gasteiger partial charge in [0.05, 0.1) is 12.0 Å². The molecule has 0 spiro atoms. The van der Waals surface area contributed by atoms with Crippen molar-refractivity contribution in [3.63, 3.8) is 0 Å². The maximum Gasteiger partial charge on any atom is 0.322 e. The van der Waals surface area contributed by atoms with E-state index in [1.54, 1.807) is 41.5 Å². The van der Waals surface area contributed by atoms with E-state index in [0.717, 1.165) is 0 Å². The van der Waals surface area contributed by atoms with Gasteiger partial charge in [0.25, 0.3) is 0 Å². The van der Waals surface area contributed by atoms with Gasteiger partial charge >= 0.3 is 29.8 Å². The minimum Gasteiger partial charge on any atom is -0.466 e. The summed E-state index contributed by atoms with van der Waals surface area (Å²) in [4.78, 5) is 60.6. The van der Waals surface area contributed by atoms with Crippen molar-refractivity contribution in [3.05, 3.63) is 0 Å². The van der Waals surface area contributed by atoms with Gasteiger partial charge < -0.3 is 23.7 Å². The Morgan fingerprint density at radius 2 is 1.30 bits per heavy atom. The molecule has 190 valence electrons. The highest BCUT2D eigenvalue weighted by Crippen LogP contribution is 2.34. The molecule has 2 atom stereocenters. The molecule has 0 aromatic carbocycles. The second kappa shape index (κ2) is 14.5. The van der Waals surface area contributed by atoms with Crippen molar-refractivity contribution < 1.29 is 47.7 Å². The van der Waals surface area contributed by atoms with Crippen molar-refractivity contribution in [2.45, 2.75) is 74.1 Å². The average Bonchev–Trinajstić information content (AvgIpc) is 2.74. The van der Waals surface area contributed by atoms with Crippen LogP contribution in [0.5, 0.6) is 0 Å². The van der Waals surface area contributed by atoms with Crippen LogP contribution in [0.4, 0.5) is 0 Å². The number of ether oxygens (including phenoxy) is 5. The molecule has 0 saturated carbocycles. The molecule has 0 amide bonds. The standard InChI is InChI=1S/C23H38O10/c1-8-11-19(26)31-14-23(13-30-18(25)10-3,17(9-2)12-29-16(4)24)21(28)33-15-32-20(27)22(5,6)7/h17H,8-15H2,1-7H3. The summed E-state index contributed by atoms with van der Waals surface area (Å²) in [6, 6.07) is 0. The van der Waals surface area contributed by atoms with E-state index in [0.29, 0.717) is 12.8 Å². The predicted molar refractivity (Wildman–Crippen MR) is 116 cm³/mol. The summed E-state index contributed by atoms with van der Waals surface area (Å²) in [6.45, 7) is 9.47. The summed E-state index contributed by atoms with van der Waals surface area (Å²) in [5, 5.41) is 0. The van der Waals surface area contributed by atoms with Crippen LogP contribution in [0.2, 0.25) is 0 Å². The summed E-state index contributed by atoms with van der Waals surface area (Å²) < 4.78 is 25.9. The molecule has 0 aliphatic carbocycles. The highest BCUT2D eigenvalue weighted by atomic mass is 16.7. The Hall–Kier alpha value is -2.65. The molecule has 0 rings (SSSR count). The number of rotatable bonds is 14. The zero-order chi connectivity index (χ0) is 25.7. The molecule has 0 heterocycles. The van der Waals surface area contributed by atoms with Gasteiger partial charge in [0.15, 0.2) is 0 Å². The number of carbonyl (C=O) groups excluding carboxylic acids is 5. The Labute approximate surface area is 195 Å². The van der Waals surface area contributed by atoms with Crippen LogP contribution in [0, 0.1) is 16.7 Å². The lowest BCUT2D eigenvalue weighted by Gasteiger charge is -2.36. The molecule has 0 bridgehead atoms. The molecule has 0 fully saturated rings. The van der Waals surface area contributed by atoms with Crippen LogP contribution < -0.4 is 0 Å². The number of hydrogen-bond acceptors (Lipinski definition) is 10. The van der Waals surface area contributed by atoms with E-state index < -0.39 is 66.6 Å². The van der Waals surface area contributed by atoms with E-state index in [-0.39, 0.29) is 19.4 Å². The van der Waals surface area contributed by atoms with E-state index >= 15 is 0 Å². The van der Waals surface area contributed by atoms with E-state index in [1.807, 2.05) is 0 Å². The van der Waals surface area contributed by atoms with Crippen LogP contribution in [-0.2, 0) is 47.7 Å². The maximum atomic E-state index is 13.3. The molecule has 0 saturated heterocycles.